The molecule has 2 heterocycles. The summed E-state index contributed by atoms with van der Waals surface area (Å²) in [4.78, 5) is 32.4. The maximum Gasteiger partial charge on any atom is 0.254 e. The van der Waals surface area contributed by atoms with E-state index in [2.05, 4.69) is 18.4 Å². The Bertz CT molecular complexity index is 1210. The van der Waals surface area contributed by atoms with Crippen LogP contribution >= 0.6 is 11.3 Å². The van der Waals surface area contributed by atoms with Gasteiger partial charge in [0.15, 0.2) is 0 Å². The Kier molecular flexibility index (Phi) is 10.6. The number of ether oxygens (including phenoxy) is 2. The minimum atomic E-state index is -0.184. The molecule has 2 aromatic carbocycles. The highest BCUT2D eigenvalue weighted by molar-refractivity contribution is 7.10. The van der Waals surface area contributed by atoms with Gasteiger partial charge in [-0.1, -0.05) is 44.0 Å². The standard InChI is InChI=1S/C32H40N2O4S/c1-4-5-6-8-24-9-11-26(12-10-24)32(36)33(19-7-21-37-2)23-30(35)34-20-17-29-28(18-22-39-29)31(34)25-13-15-27(38-3)16-14-25/h9-16,18,22,31H,4-8,17,19-21,23H2,1-3H3. The first-order chi connectivity index (χ1) is 19.0. The van der Waals surface area contributed by atoms with Crippen molar-refractivity contribution in [2.24, 2.45) is 0 Å². The molecule has 0 saturated heterocycles. The molecule has 7 heteroatoms. The summed E-state index contributed by atoms with van der Waals surface area (Å²) in [6, 6.07) is 17.7. The zero-order chi connectivity index (χ0) is 27.6. The quantitative estimate of drug-likeness (QED) is 0.241. The lowest BCUT2D eigenvalue weighted by atomic mass is 9.93. The Labute approximate surface area is 236 Å². The summed E-state index contributed by atoms with van der Waals surface area (Å²) in [5.41, 5.74) is 4.06. The van der Waals surface area contributed by atoms with Crippen LogP contribution in [0.5, 0.6) is 5.75 Å². The van der Waals surface area contributed by atoms with Crippen molar-refractivity contribution in [3.8, 4) is 5.75 Å². The lowest BCUT2D eigenvalue weighted by molar-refractivity contribution is -0.134. The zero-order valence-corrected chi connectivity index (χ0v) is 24.2. The van der Waals surface area contributed by atoms with E-state index in [4.69, 9.17) is 9.47 Å². The SMILES string of the molecule is CCCCCc1ccc(C(=O)N(CCCOC)CC(=O)N2CCc3sccc3C2c2ccc(OC)cc2)cc1. The minimum absolute atomic E-state index is 0.0346. The van der Waals surface area contributed by atoms with Crippen LogP contribution in [-0.2, 0) is 22.4 Å². The number of hydrogen-bond donors (Lipinski definition) is 0. The predicted molar refractivity (Wildman–Crippen MR) is 157 cm³/mol. The number of carbonyl (C=O) groups is 2. The van der Waals surface area contributed by atoms with Gasteiger partial charge in [0.2, 0.25) is 5.91 Å². The second-order valence-electron chi connectivity index (χ2n) is 10.0. The van der Waals surface area contributed by atoms with Crippen LogP contribution < -0.4 is 4.74 Å². The van der Waals surface area contributed by atoms with E-state index in [0.717, 1.165) is 30.6 Å². The number of fused-ring (bicyclic) bond motifs is 1. The molecule has 0 spiro atoms. The van der Waals surface area contributed by atoms with E-state index in [1.54, 1.807) is 30.5 Å². The van der Waals surface area contributed by atoms with E-state index in [1.165, 1.54) is 28.8 Å². The van der Waals surface area contributed by atoms with Gasteiger partial charge in [-0.05, 0) is 78.1 Å². The van der Waals surface area contributed by atoms with Crippen molar-refractivity contribution in [2.75, 3.05) is 40.5 Å². The molecule has 1 aromatic heterocycles. The number of thiophene rings is 1. The van der Waals surface area contributed by atoms with Gasteiger partial charge in [0.05, 0.1) is 13.2 Å². The highest BCUT2D eigenvalue weighted by Crippen LogP contribution is 2.38. The number of hydrogen-bond acceptors (Lipinski definition) is 5. The highest BCUT2D eigenvalue weighted by Gasteiger charge is 2.34. The molecule has 1 unspecified atom stereocenters. The first kappa shape index (κ1) is 28.8. The molecule has 39 heavy (non-hydrogen) atoms. The summed E-state index contributed by atoms with van der Waals surface area (Å²) in [5.74, 6) is 0.618. The number of nitrogens with zero attached hydrogens (tertiary/aromatic N) is 2. The Balaban J connectivity index is 1.53. The average Bonchev–Trinajstić information content (AvgIpc) is 3.45. The van der Waals surface area contributed by atoms with Gasteiger partial charge < -0.3 is 19.3 Å². The van der Waals surface area contributed by atoms with Gasteiger partial charge in [-0.3, -0.25) is 9.59 Å². The van der Waals surface area contributed by atoms with E-state index in [9.17, 15) is 9.59 Å². The molecule has 1 aliphatic rings. The molecule has 3 aromatic rings. The van der Waals surface area contributed by atoms with E-state index < -0.39 is 0 Å². The van der Waals surface area contributed by atoms with Crippen LogP contribution in [0.4, 0.5) is 0 Å². The molecular formula is C32H40N2O4S. The van der Waals surface area contributed by atoms with E-state index >= 15 is 0 Å². The van der Waals surface area contributed by atoms with Gasteiger partial charge in [0, 0.05) is 37.2 Å². The summed E-state index contributed by atoms with van der Waals surface area (Å²) < 4.78 is 10.6. The molecule has 0 saturated carbocycles. The number of unbranched alkanes of at least 4 members (excludes halogenated alkanes) is 2. The van der Waals surface area contributed by atoms with Crippen LogP contribution in [0.1, 0.15) is 70.6 Å². The van der Waals surface area contributed by atoms with Gasteiger partial charge in [-0.2, -0.15) is 0 Å². The molecule has 0 N–H and O–H groups in total. The molecule has 208 valence electrons. The maximum absolute atomic E-state index is 13.9. The van der Waals surface area contributed by atoms with E-state index in [-0.39, 0.29) is 24.4 Å². The van der Waals surface area contributed by atoms with Crippen molar-refractivity contribution in [3.05, 3.63) is 87.1 Å². The fourth-order valence-electron chi connectivity index (χ4n) is 5.21. The van der Waals surface area contributed by atoms with Gasteiger partial charge >= 0.3 is 0 Å². The summed E-state index contributed by atoms with van der Waals surface area (Å²) in [6.07, 6.45) is 6.05. The zero-order valence-electron chi connectivity index (χ0n) is 23.4. The van der Waals surface area contributed by atoms with Crippen molar-refractivity contribution in [1.29, 1.82) is 0 Å². The van der Waals surface area contributed by atoms with Crippen molar-refractivity contribution >= 4 is 23.2 Å². The minimum Gasteiger partial charge on any atom is -0.497 e. The second-order valence-corrected chi connectivity index (χ2v) is 11.0. The predicted octanol–water partition coefficient (Wildman–Crippen LogP) is 6.14. The Hall–Kier alpha value is -3.16. The molecule has 0 aliphatic carbocycles. The molecule has 0 fully saturated rings. The third-order valence-corrected chi connectivity index (χ3v) is 8.37. The van der Waals surface area contributed by atoms with Gasteiger partial charge in [0.25, 0.3) is 5.91 Å². The largest absolute Gasteiger partial charge is 0.497 e. The van der Waals surface area contributed by atoms with Gasteiger partial charge in [0.1, 0.15) is 12.3 Å². The Morgan fingerprint density at radius 2 is 1.77 bits per heavy atom. The molecule has 1 aliphatic heterocycles. The summed E-state index contributed by atoms with van der Waals surface area (Å²) in [6.45, 7) is 3.85. The van der Waals surface area contributed by atoms with Gasteiger partial charge in [-0.25, -0.2) is 0 Å². The molecule has 6 nitrogen and oxygen atoms in total. The molecule has 4 rings (SSSR count). The first-order valence-electron chi connectivity index (χ1n) is 13.9. The smallest absolute Gasteiger partial charge is 0.254 e. The first-order valence-corrected chi connectivity index (χ1v) is 14.8. The van der Waals surface area contributed by atoms with Crippen LogP contribution in [0.25, 0.3) is 0 Å². The third kappa shape index (κ3) is 7.28. The molecule has 0 bridgehead atoms. The Morgan fingerprint density at radius 3 is 2.46 bits per heavy atom. The summed E-state index contributed by atoms with van der Waals surface area (Å²) in [5, 5.41) is 2.10. The van der Waals surface area contributed by atoms with Crippen molar-refractivity contribution < 1.29 is 19.1 Å². The average molecular weight is 549 g/mol. The van der Waals surface area contributed by atoms with Crippen molar-refractivity contribution in [3.63, 3.8) is 0 Å². The van der Waals surface area contributed by atoms with Crippen molar-refractivity contribution in [1.82, 2.24) is 9.80 Å². The second kappa shape index (κ2) is 14.3. The third-order valence-electron chi connectivity index (χ3n) is 7.38. The molecule has 0 radical (unpaired) electrons. The number of methoxy groups -OCH3 is 2. The van der Waals surface area contributed by atoms with Crippen LogP contribution in [0.2, 0.25) is 0 Å². The van der Waals surface area contributed by atoms with Crippen LogP contribution in [0.15, 0.2) is 60.0 Å². The topological polar surface area (TPSA) is 59.1 Å². The molecule has 2 amide bonds. The van der Waals surface area contributed by atoms with Crippen LogP contribution in [0.3, 0.4) is 0 Å². The maximum atomic E-state index is 13.9. The number of amides is 2. The molecule has 1 atom stereocenters. The van der Waals surface area contributed by atoms with Crippen LogP contribution in [0, 0.1) is 0 Å². The van der Waals surface area contributed by atoms with Crippen molar-refractivity contribution in [2.45, 2.75) is 51.5 Å². The number of carbonyl (C=O) groups excluding carboxylic acids is 2. The Morgan fingerprint density at radius 1 is 1.00 bits per heavy atom. The van der Waals surface area contributed by atoms with Gasteiger partial charge in [-0.15, -0.1) is 11.3 Å². The van der Waals surface area contributed by atoms with E-state index in [1.807, 2.05) is 53.4 Å². The van der Waals surface area contributed by atoms with Crippen LogP contribution in [-0.4, -0.2) is 62.1 Å². The fourth-order valence-corrected chi connectivity index (χ4v) is 6.12. The highest BCUT2D eigenvalue weighted by atomic mass is 32.1. The normalized spacial score (nSPS) is 14.6. The lowest BCUT2D eigenvalue weighted by Crippen LogP contribution is -2.47. The van der Waals surface area contributed by atoms with E-state index in [0.29, 0.717) is 31.7 Å². The number of benzene rings is 2. The lowest BCUT2D eigenvalue weighted by Gasteiger charge is -2.37. The monoisotopic (exact) mass is 548 g/mol. The summed E-state index contributed by atoms with van der Waals surface area (Å²) in [7, 11) is 3.30. The number of rotatable bonds is 13. The summed E-state index contributed by atoms with van der Waals surface area (Å²) >= 11 is 1.74. The fraction of sp³-hybridized carbons (Fsp3) is 0.438. The number of aryl methyl sites for hydroxylation is 1. The molecular weight excluding hydrogens is 508 g/mol.